The number of methoxy groups -OCH3 is 1. The topological polar surface area (TPSA) is 87.2 Å². The zero-order valence-corrected chi connectivity index (χ0v) is 12.2. The molecule has 0 amide bonds. The Morgan fingerprint density at radius 3 is 3.00 bits per heavy atom. The third-order valence-corrected chi connectivity index (χ3v) is 3.92. The number of aryl methyl sites for hydroxylation is 1. The van der Waals surface area contributed by atoms with Gasteiger partial charge in [-0.2, -0.15) is 15.4 Å². The van der Waals surface area contributed by atoms with Gasteiger partial charge in [0.15, 0.2) is 0 Å². The second-order valence-electron chi connectivity index (χ2n) is 5.39. The Bertz CT molecular complexity index is 601. The number of likely N-dealkylation sites (tertiary alicyclic amines) is 1. The second-order valence-corrected chi connectivity index (χ2v) is 5.39. The Morgan fingerprint density at radius 2 is 2.29 bits per heavy atom. The van der Waals surface area contributed by atoms with E-state index in [2.05, 4.69) is 25.3 Å². The van der Waals surface area contributed by atoms with Crippen LogP contribution < -0.4 is 0 Å². The van der Waals surface area contributed by atoms with Crippen LogP contribution in [-0.2, 0) is 11.3 Å². The van der Waals surface area contributed by atoms with Crippen molar-refractivity contribution in [2.24, 2.45) is 0 Å². The molecule has 7 heteroatoms. The van der Waals surface area contributed by atoms with E-state index in [1.165, 1.54) is 0 Å². The molecule has 2 aromatic rings. The Morgan fingerprint density at radius 1 is 1.43 bits per heavy atom. The van der Waals surface area contributed by atoms with E-state index < -0.39 is 0 Å². The predicted octanol–water partition coefficient (Wildman–Crippen LogP) is 0.828. The van der Waals surface area contributed by atoms with Gasteiger partial charge in [-0.15, -0.1) is 0 Å². The Hall–Kier alpha value is -1.99. The maximum atomic E-state index is 9.92. The van der Waals surface area contributed by atoms with E-state index >= 15 is 0 Å². The molecule has 1 aliphatic rings. The summed E-state index contributed by atoms with van der Waals surface area (Å²) in [6, 6.07) is 3.50. The number of aromatic amines is 1. The number of hydrogen-bond donors (Lipinski definition) is 2. The van der Waals surface area contributed by atoms with Crippen LogP contribution in [0.5, 0.6) is 5.75 Å². The van der Waals surface area contributed by atoms with Crippen molar-refractivity contribution >= 4 is 0 Å². The molecule has 3 rings (SSSR count). The molecular formula is C14H19N5O2. The van der Waals surface area contributed by atoms with Crippen molar-refractivity contribution in [2.75, 3.05) is 20.2 Å². The van der Waals surface area contributed by atoms with E-state index in [-0.39, 0.29) is 17.8 Å². The smallest absolute Gasteiger partial charge is 0.138 e. The van der Waals surface area contributed by atoms with Gasteiger partial charge < -0.3 is 9.84 Å². The summed E-state index contributed by atoms with van der Waals surface area (Å²) in [6.07, 6.45) is 1.81. The Balaban J connectivity index is 1.74. The highest BCUT2D eigenvalue weighted by Crippen LogP contribution is 2.29. The van der Waals surface area contributed by atoms with Crippen LogP contribution in [0.25, 0.3) is 0 Å². The van der Waals surface area contributed by atoms with Crippen LogP contribution in [0.1, 0.15) is 23.0 Å². The molecule has 0 saturated carbocycles. The normalized spacial score (nSPS) is 22.8. The fourth-order valence-electron chi connectivity index (χ4n) is 2.82. The van der Waals surface area contributed by atoms with Crippen molar-refractivity contribution in [3.8, 4) is 5.75 Å². The van der Waals surface area contributed by atoms with Gasteiger partial charge in [0, 0.05) is 38.4 Å². The summed E-state index contributed by atoms with van der Waals surface area (Å²) >= 11 is 0. The quantitative estimate of drug-likeness (QED) is 0.867. The van der Waals surface area contributed by atoms with Crippen LogP contribution in [0.3, 0.4) is 0 Å². The highest BCUT2D eigenvalue weighted by Gasteiger charge is 2.35. The zero-order chi connectivity index (χ0) is 14.8. The van der Waals surface area contributed by atoms with E-state index in [0.717, 1.165) is 24.5 Å². The van der Waals surface area contributed by atoms with Gasteiger partial charge in [-0.3, -0.25) is 9.88 Å². The summed E-state index contributed by atoms with van der Waals surface area (Å²) < 4.78 is 5.56. The lowest BCUT2D eigenvalue weighted by molar-refractivity contribution is 0.0955. The van der Waals surface area contributed by atoms with Crippen LogP contribution in [-0.4, -0.2) is 56.7 Å². The van der Waals surface area contributed by atoms with E-state index in [4.69, 9.17) is 4.74 Å². The van der Waals surface area contributed by atoms with Gasteiger partial charge in [-0.1, -0.05) is 0 Å². The molecule has 21 heavy (non-hydrogen) atoms. The number of aromatic nitrogens is 4. The average Bonchev–Trinajstić information content (AvgIpc) is 3.11. The largest absolute Gasteiger partial charge is 0.506 e. The van der Waals surface area contributed by atoms with Crippen molar-refractivity contribution in [2.45, 2.75) is 25.5 Å². The Labute approximate surface area is 123 Å². The number of nitrogens with one attached hydrogen (secondary N) is 1. The molecule has 1 aliphatic heterocycles. The summed E-state index contributed by atoms with van der Waals surface area (Å²) in [5.74, 6) is 0.417. The molecule has 0 aromatic carbocycles. The number of pyridine rings is 1. The molecule has 1 saturated heterocycles. The zero-order valence-electron chi connectivity index (χ0n) is 12.2. The molecule has 2 aromatic heterocycles. The van der Waals surface area contributed by atoms with Gasteiger partial charge in [0.2, 0.25) is 0 Å². The first-order valence-electron chi connectivity index (χ1n) is 6.93. The standard InChI is InChI=1S/C14H19N5O2/c1-9-3-4-13(20)12(16-9)7-19-6-10(14(8-19)21-2)11-5-15-18-17-11/h3-5,10,14,20H,6-8H2,1-2H3,(H,15,17,18)/t10-,14+/m0/s1. The van der Waals surface area contributed by atoms with Gasteiger partial charge in [-0.25, -0.2) is 0 Å². The van der Waals surface area contributed by atoms with E-state index in [0.29, 0.717) is 12.2 Å². The second kappa shape index (κ2) is 5.79. The van der Waals surface area contributed by atoms with Gasteiger partial charge in [0.1, 0.15) is 5.75 Å². The number of H-pyrrole nitrogens is 1. The molecule has 0 spiro atoms. The maximum Gasteiger partial charge on any atom is 0.138 e. The minimum absolute atomic E-state index is 0.0713. The fourth-order valence-corrected chi connectivity index (χ4v) is 2.82. The van der Waals surface area contributed by atoms with Crippen LogP contribution in [0, 0.1) is 6.92 Å². The molecule has 0 aliphatic carbocycles. The first kappa shape index (κ1) is 14.0. The molecule has 0 unspecified atom stereocenters. The third kappa shape index (κ3) is 2.88. The summed E-state index contributed by atoms with van der Waals surface area (Å²) in [5.41, 5.74) is 2.51. The van der Waals surface area contributed by atoms with Crippen molar-refractivity contribution in [3.63, 3.8) is 0 Å². The first-order chi connectivity index (χ1) is 10.2. The van der Waals surface area contributed by atoms with E-state index in [1.54, 1.807) is 25.4 Å². The summed E-state index contributed by atoms with van der Waals surface area (Å²) in [6.45, 7) is 4.11. The van der Waals surface area contributed by atoms with Gasteiger partial charge >= 0.3 is 0 Å². The predicted molar refractivity (Wildman–Crippen MR) is 75.8 cm³/mol. The van der Waals surface area contributed by atoms with Crippen molar-refractivity contribution < 1.29 is 9.84 Å². The number of nitrogens with zero attached hydrogens (tertiary/aromatic N) is 4. The molecule has 0 radical (unpaired) electrons. The van der Waals surface area contributed by atoms with Gasteiger partial charge in [0.05, 0.1) is 23.7 Å². The molecular weight excluding hydrogens is 270 g/mol. The molecule has 112 valence electrons. The molecule has 2 N–H and O–H groups in total. The maximum absolute atomic E-state index is 9.92. The van der Waals surface area contributed by atoms with Crippen molar-refractivity contribution in [1.82, 2.24) is 25.3 Å². The van der Waals surface area contributed by atoms with Crippen molar-refractivity contribution in [1.29, 1.82) is 0 Å². The third-order valence-electron chi connectivity index (χ3n) is 3.92. The number of rotatable bonds is 4. The summed E-state index contributed by atoms with van der Waals surface area (Å²) in [4.78, 5) is 6.63. The monoisotopic (exact) mass is 289 g/mol. The minimum atomic E-state index is 0.0713. The highest BCUT2D eigenvalue weighted by atomic mass is 16.5. The number of hydrogen-bond acceptors (Lipinski definition) is 6. The molecule has 7 nitrogen and oxygen atoms in total. The fraction of sp³-hybridized carbons (Fsp3) is 0.500. The first-order valence-corrected chi connectivity index (χ1v) is 6.93. The summed E-state index contributed by atoms with van der Waals surface area (Å²) in [5, 5.41) is 20.6. The lowest BCUT2D eigenvalue weighted by atomic mass is 10.0. The van der Waals surface area contributed by atoms with Gasteiger partial charge in [0.25, 0.3) is 0 Å². The van der Waals surface area contributed by atoms with Crippen molar-refractivity contribution in [3.05, 3.63) is 35.4 Å². The van der Waals surface area contributed by atoms with Gasteiger partial charge in [-0.05, 0) is 19.1 Å². The number of ether oxygens (including phenoxy) is 1. The Kier molecular flexibility index (Phi) is 3.85. The summed E-state index contributed by atoms with van der Waals surface area (Å²) in [7, 11) is 1.71. The number of aromatic hydroxyl groups is 1. The lowest BCUT2D eigenvalue weighted by Crippen LogP contribution is -2.23. The highest BCUT2D eigenvalue weighted by molar-refractivity contribution is 5.27. The minimum Gasteiger partial charge on any atom is -0.506 e. The lowest BCUT2D eigenvalue weighted by Gasteiger charge is -2.15. The van der Waals surface area contributed by atoms with E-state index in [9.17, 15) is 5.11 Å². The SMILES string of the molecule is CO[C@@H]1CN(Cc2nc(C)ccc2O)C[C@H]1c1cn[nH]n1. The molecule has 2 atom stereocenters. The molecule has 0 bridgehead atoms. The molecule has 1 fully saturated rings. The van der Waals surface area contributed by atoms with Crippen LogP contribution >= 0.6 is 0 Å². The molecule has 3 heterocycles. The van der Waals surface area contributed by atoms with Crippen LogP contribution in [0.4, 0.5) is 0 Å². The van der Waals surface area contributed by atoms with Crippen LogP contribution in [0.15, 0.2) is 18.3 Å². The van der Waals surface area contributed by atoms with Crippen LogP contribution in [0.2, 0.25) is 0 Å². The average molecular weight is 289 g/mol. The van der Waals surface area contributed by atoms with E-state index in [1.807, 2.05) is 6.92 Å².